The van der Waals surface area contributed by atoms with Crippen molar-refractivity contribution >= 4 is 11.9 Å². The van der Waals surface area contributed by atoms with Crippen LogP contribution in [0, 0.1) is 17.8 Å². The van der Waals surface area contributed by atoms with E-state index < -0.39 is 17.4 Å². The molecule has 0 aliphatic heterocycles. The number of hydrogen-bond acceptors (Lipinski definition) is 4. The van der Waals surface area contributed by atoms with Gasteiger partial charge in [0, 0.05) is 6.42 Å². The van der Waals surface area contributed by atoms with Gasteiger partial charge in [-0.25, -0.2) is 0 Å². The molecule has 0 heterocycles. The molecule has 0 N–H and O–H groups in total. The largest absolute Gasteiger partial charge is 0.465 e. The Morgan fingerprint density at radius 1 is 1.26 bits per heavy atom. The summed E-state index contributed by atoms with van der Waals surface area (Å²) < 4.78 is 9.92. The maximum absolute atomic E-state index is 12.1. The number of carbonyl (C=O) groups excluding carboxylic acids is 2. The van der Waals surface area contributed by atoms with E-state index in [1.807, 2.05) is 0 Å². The van der Waals surface area contributed by atoms with Gasteiger partial charge in [0.15, 0.2) is 5.41 Å². The zero-order chi connectivity index (χ0) is 14.9. The summed E-state index contributed by atoms with van der Waals surface area (Å²) >= 11 is 0. The molecule has 104 valence electrons. The van der Waals surface area contributed by atoms with Crippen LogP contribution in [-0.2, 0) is 19.1 Å². The van der Waals surface area contributed by atoms with Crippen LogP contribution in [0.25, 0.3) is 0 Å². The van der Waals surface area contributed by atoms with Gasteiger partial charge in [0.2, 0.25) is 0 Å². The van der Waals surface area contributed by atoms with Crippen molar-refractivity contribution in [3.05, 3.63) is 24.8 Å². The van der Waals surface area contributed by atoms with E-state index in [1.165, 1.54) is 6.08 Å². The lowest BCUT2D eigenvalue weighted by molar-refractivity contribution is -0.171. The summed E-state index contributed by atoms with van der Waals surface area (Å²) in [5.74, 6) is 0.968. The van der Waals surface area contributed by atoms with Gasteiger partial charge in [-0.15, -0.1) is 12.3 Å². The van der Waals surface area contributed by atoms with Crippen molar-refractivity contribution in [2.45, 2.75) is 26.7 Å². The van der Waals surface area contributed by atoms with Crippen LogP contribution in [0.15, 0.2) is 24.8 Å². The van der Waals surface area contributed by atoms with Gasteiger partial charge in [-0.2, -0.15) is 0 Å². The smallest absolute Gasteiger partial charge is 0.324 e. The van der Waals surface area contributed by atoms with Gasteiger partial charge in [0.05, 0.1) is 13.2 Å². The van der Waals surface area contributed by atoms with Crippen molar-refractivity contribution in [1.29, 1.82) is 0 Å². The summed E-state index contributed by atoms with van der Waals surface area (Å²) in [6.45, 7) is 10.9. The van der Waals surface area contributed by atoms with Gasteiger partial charge in [-0.05, 0) is 20.3 Å². The Labute approximate surface area is 114 Å². The van der Waals surface area contributed by atoms with Gasteiger partial charge >= 0.3 is 11.9 Å². The highest BCUT2D eigenvalue weighted by molar-refractivity contribution is 6.00. The Kier molecular flexibility index (Phi) is 7.28. The Morgan fingerprint density at radius 2 is 1.74 bits per heavy atom. The molecule has 0 aliphatic carbocycles. The molecule has 4 nitrogen and oxygen atoms in total. The first-order valence-electron chi connectivity index (χ1n) is 6.06. The summed E-state index contributed by atoms with van der Waals surface area (Å²) in [6, 6.07) is 0. The number of rotatable bonds is 8. The molecule has 0 fully saturated rings. The molecule has 0 amide bonds. The Morgan fingerprint density at radius 3 is 2.05 bits per heavy atom. The molecule has 0 aromatic heterocycles. The number of allylic oxidation sites excluding steroid dienone is 2. The number of carbonyl (C=O) groups is 2. The second-order valence-corrected chi connectivity index (χ2v) is 3.94. The van der Waals surface area contributed by atoms with Crippen molar-refractivity contribution in [3.63, 3.8) is 0 Å². The summed E-state index contributed by atoms with van der Waals surface area (Å²) in [5, 5.41) is 0. The molecule has 0 aromatic rings. The molecule has 0 bridgehead atoms. The van der Waals surface area contributed by atoms with Gasteiger partial charge in [-0.3, -0.25) is 9.59 Å². The third-order valence-electron chi connectivity index (χ3n) is 2.55. The number of esters is 2. The molecule has 0 radical (unpaired) electrons. The van der Waals surface area contributed by atoms with Crippen LogP contribution in [0.5, 0.6) is 0 Å². The SMILES string of the molecule is C#CCC(CC(=C)C=C)(C(=O)OCC)C(=O)OCC. The zero-order valence-electron chi connectivity index (χ0n) is 11.5. The highest BCUT2D eigenvalue weighted by Gasteiger charge is 2.48. The average Bonchev–Trinajstić information content (AvgIpc) is 2.38. The zero-order valence-corrected chi connectivity index (χ0v) is 11.5. The third kappa shape index (κ3) is 4.29. The molecule has 0 atom stereocenters. The van der Waals surface area contributed by atoms with Crippen molar-refractivity contribution in [2.24, 2.45) is 5.41 Å². The first kappa shape index (κ1) is 17.0. The molecular weight excluding hydrogens is 244 g/mol. The second-order valence-electron chi connectivity index (χ2n) is 3.94. The van der Waals surface area contributed by atoms with Crippen LogP contribution >= 0.6 is 0 Å². The summed E-state index contributed by atoms with van der Waals surface area (Å²) in [6.07, 6.45) is 6.69. The lowest BCUT2D eigenvalue weighted by Crippen LogP contribution is -2.42. The van der Waals surface area contributed by atoms with E-state index in [0.717, 1.165) is 0 Å². The number of terminal acetylenes is 1. The monoisotopic (exact) mass is 264 g/mol. The maximum Gasteiger partial charge on any atom is 0.324 e. The lowest BCUT2D eigenvalue weighted by atomic mass is 9.78. The Bertz CT molecular complexity index is 383. The molecule has 19 heavy (non-hydrogen) atoms. The number of ether oxygens (including phenoxy) is 2. The standard InChI is InChI=1S/C15H20O4/c1-6-10-15(11-12(5)7-2,13(16)18-8-3)14(17)19-9-4/h1,7H,2,5,8-11H2,3-4H3. The highest BCUT2D eigenvalue weighted by atomic mass is 16.6. The molecule has 0 aromatic carbocycles. The van der Waals surface area contributed by atoms with E-state index in [0.29, 0.717) is 5.57 Å². The van der Waals surface area contributed by atoms with Gasteiger partial charge in [0.1, 0.15) is 0 Å². The minimum Gasteiger partial charge on any atom is -0.465 e. The van der Waals surface area contributed by atoms with E-state index in [1.54, 1.807) is 13.8 Å². The van der Waals surface area contributed by atoms with Crippen molar-refractivity contribution in [3.8, 4) is 12.3 Å². The van der Waals surface area contributed by atoms with Crippen molar-refractivity contribution < 1.29 is 19.1 Å². The van der Waals surface area contributed by atoms with Crippen LogP contribution in [-0.4, -0.2) is 25.2 Å². The topological polar surface area (TPSA) is 52.6 Å². The first-order chi connectivity index (χ1) is 8.98. The number of hydrogen-bond donors (Lipinski definition) is 0. The molecule has 0 rings (SSSR count). The highest BCUT2D eigenvalue weighted by Crippen LogP contribution is 2.33. The first-order valence-corrected chi connectivity index (χ1v) is 6.06. The molecule has 4 heteroatoms. The minimum atomic E-state index is -1.54. The Balaban J connectivity index is 5.52. The van der Waals surface area contributed by atoms with Crippen LogP contribution < -0.4 is 0 Å². The summed E-state index contributed by atoms with van der Waals surface area (Å²) in [4.78, 5) is 24.3. The van der Waals surface area contributed by atoms with E-state index >= 15 is 0 Å². The van der Waals surface area contributed by atoms with Crippen LogP contribution in [0.4, 0.5) is 0 Å². The Hall–Kier alpha value is -2.02. The molecule has 0 saturated carbocycles. The van der Waals surface area contributed by atoms with E-state index in [-0.39, 0.29) is 26.1 Å². The van der Waals surface area contributed by atoms with Crippen LogP contribution in [0.2, 0.25) is 0 Å². The lowest BCUT2D eigenvalue weighted by Gasteiger charge is -2.27. The predicted molar refractivity (Wildman–Crippen MR) is 73.1 cm³/mol. The molecule has 0 saturated heterocycles. The maximum atomic E-state index is 12.1. The van der Waals surface area contributed by atoms with Crippen molar-refractivity contribution in [2.75, 3.05) is 13.2 Å². The molecule has 0 spiro atoms. The summed E-state index contributed by atoms with van der Waals surface area (Å²) in [7, 11) is 0. The van der Waals surface area contributed by atoms with Gasteiger partial charge in [-0.1, -0.05) is 24.8 Å². The van der Waals surface area contributed by atoms with E-state index in [2.05, 4.69) is 19.1 Å². The molecular formula is C15H20O4. The third-order valence-corrected chi connectivity index (χ3v) is 2.55. The van der Waals surface area contributed by atoms with Crippen LogP contribution in [0.1, 0.15) is 26.7 Å². The normalized spacial score (nSPS) is 10.2. The second kappa shape index (κ2) is 8.15. The van der Waals surface area contributed by atoms with Gasteiger partial charge in [0.25, 0.3) is 0 Å². The average molecular weight is 264 g/mol. The van der Waals surface area contributed by atoms with Gasteiger partial charge < -0.3 is 9.47 Å². The minimum absolute atomic E-state index is 0.0400. The molecule has 0 unspecified atom stereocenters. The van der Waals surface area contributed by atoms with Crippen LogP contribution in [0.3, 0.4) is 0 Å². The fraction of sp³-hybridized carbons (Fsp3) is 0.467. The van der Waals surface area contributed by atoms with E-state index in [9.17, 15) is 9.59 Å². The summed E-state index contributed by atoms with van der Waals surface area (Å²) in [5.41, 5.74) is -1.01. The fourth-order valence-corrected chi connectivity index (χ4v) is 1.61. The van der Waals surface area contributed by atoms with E-state index in [4.69, 9.17) is 15.9 Å². The fourth-order valence-electron chi connectivity index (χ4n) is 1.61. The molecule has 0 aliphatic rings. The predicted octanol–water partition coefficient (Wildman–Crippen LogP) is 2.25. The van der Waals surface area contributed by atoms with Crippen molar-refractivity contribution in [1.82, 2.24) is 0 Å². The quantitative estimate of drug-likeness (QED) is 0.292.